The highest BCUT2D eigenvalue weighted by Gasteiger charge is 2.25. The van der Waals surface area contributed by atoms with Crippen molar-refractivity contribution in [3.05, 3.63) is 39.7 Å². The molecule has 0 bridgehead atoms. The highest BCUT2D eigenvalue weighted by atomic mass is 35.5. The molecule has 28 heavy (non-hydrogen) atoms. The fourth-order valence-electron chi connectivity index (χ4n) is 4.47. The first-order valence-electron chi connectivity index (χ1n) is 10.2. The molecule has 1 fully saturated rings. The molecule has 1 saturated carbocycles. The van der Waals surface area contributed by atoms with Gasteiger partial charge in [-0.1, -0.05) is 12.1 Å². The topological polar surface area (TPSA) is 62.2 Å². The van der Waals surface area contributed by atoms with Crippen LogP contribution >= 0.6 is 23.7 Å². The molecule has 0 saturated heterocycles. The first-order valence-corrected chi connectivity index (χ1v) is 11.1. The molecule has 0 amide bonds. The first kappa shape index (κ1) is 21.3. The minimum absolute atomic E-state index is 0. The number of thiazole rings is 1. The predicted octanol–water partition coefficient (Wildman–Crippen LogP) is 5.06. The van der Waals surface area contributed by atoms with Crippen LogP contribution in [0.2, 0.25) is 0 Å². The molecule has 1 aromatic carbocycles. The average Bonchev–Trinajstić information content (AvgIpc) is 3.06. The molecule has 0 spiro atoms. The number of nitrogens with one attached hydrogen (secondary N) is 1. The Morgan fingerprint density at radius 2 is 1.89 bits per heavy atom. The van der Waals surface area contributed by atoms with Crippen molar-refractivity contribution in [3.8, 4) is 11.3 Å². The van der Waals surface area contributed by atoms with Gasteiger partial charge in [-0.3, -0.25) is 4.79 Å². The summed E-state index contributed by atoms with van der Waals surface area (Å²) in [5.41, 5.74) is 5.29. The summed E-state index contributed by atoms with van der Waals surface area (Å²) in [5.74, 6) is 0.461. The summed E-state index contributed by atoms with van der Waals surface area (Å²) >= 11 is 1.79. The van der Waals surface area contributed by atoms with Gasteiger partial charge in [0.2, 0.25) is 0 Å². The van der Waals surface area contributed by atoms with E-state index in [1.54, 1.807) is 11.3 Å². The van der Waals surface area contributed by atoms with Crippen molar-refractivity contribution in [1.82, 2.24) is 10.3 Å². The highest BCUT2D eigenvalue weighted by molar-refractivity contribution is 7.10. The van der Waals surface area contributed by atoms with Crippen molar-refractivity contribution in [3.63, 3.8) is 0 Å². The van der Waals surface area contributed by atoms with Gasteiger partial charge in [0.1, 0.15) is 0 Å². The number of aliphatic carboxylic acids is 1. The van der Waals surface area contributed by atoms with E-state index in [0.29, 0.717) is 18.3 Å². The Balaban J connectivity index is 0.00000225. The van der Waals surface area contributed by atoms with Crippen LogP contribution in [0.4, 0.5) is 0 Å². The highest BCUT2D eigenvalue weighted by Crippen LogP contribution is 2.39. The average molecular weight is 421 g/mol. The molecule has 2 aliphatic rings. The number of halogens is 1. The lowest BCUT2D eigenvalue weighted by Gasteiger charge is -2.26. The van der Waals surface area contributed by atoms with Gasteiger partial charge >= 0.3 is 5.97 Å². The number of carboxylic acid groups (broad SMARTS) is 1. The number of hydrogen-bond acceptors (Lipinski definition) is 4. The molecular weight excluding hydrogens is 392 g/mol. The third kappa shape index (κ3) is 5.13. The molecular formula is C22H29ClN2O2S. The molecule has 2 heterocycles. The number of carboxylic acids is 1. The number of carbonyl (C=O) groups is 1. The van der Waals surface area contributed by atoms with Gasteiger partial charge in [0.25, 0.3) is 0 Å². The van der Waals surface area contributed by atoms with Crippen molar-refractivity contribution in [2.24, 2.45) is 5.92 Å². The van der Waals surface area contributed by atoms with Gasteiger partial charge in [0, 0.05) is 23.3 Å². The number of benzene rings is 1. The zero-order chi connectivity index (χ0) is 18.6. The molecule has 4 nitrogen and oxygen atoms in total. The minimum atomic E-state index is -0.668. The molecule has 6 heteroatoms. The Morgan fingerprint density at radius 3 is 2.64 bits per heavy atom. The second-order valence-electron chi connectivity index (χ2n) is 7.95. The Labute approximate surface area is 177 Å². The number of fused-ring (bicyclic) bond motifs is 1. The second kappa shape index (κ2) is 9.86. The van der Waals surface area contributed by atoms with Crippen LogP contribution in [0, 0.1) is 5.92 Å². The molecule has 1 aromatic heterocycles. The molecule has 2 N–H and O–H groups in total. The number of aromatic nitrogens is 1. The summed E-state index contributed by atoms with van der Waals surface area (Å²) in [4.78, 5) is 15.7. The van der Waals surface area contributed by atoms with E-state index in [2.05, 4.69) is 28.9 Å². The van der Waals surface area contributed by atoms with Crippen molar-refractivity contribution in [2.45, 2.75) is 57.3 Å². The lowest BCUT2D eigenvalue weighted by Crippen LogP contribution is -2.16. The quantitative estimate of drug-likeness (QED) is 0.709. The van der Waals surface area contributed by atoms with Crippen molar-refractivity contribution in [1.29, 1.82) is 0 Å². The van der Waals surface area contributed by atoms with Crippen LogP contribution in [0.3, 0.4) is 0 Å². The number of rotatable bonds is 5. The van der Waals surface area contributed by atoms with Gasteiger partial charge in [0.15, 0.2) is 0 Å². The first-order chi connectivity index (χ1) is 13.2. The fraction of sp³-hybridized carbons (Fsp3) is 0.545. The van der Waals surface area contributed by atoms with Gasteiger partial charge in [-0.15, -0.1) is 23.7 Å². The van der Waals surface area contributed by atoms with Gasteiger partial charge < -0.3 is 10.4 Å². The normalized spacial score (nSPS) is 22.0. The molecule has 0 atom stereocenters. The van der Waals surface area contributed by atoms with Gasteiger partial charge in [-0.05, 0) is 81.1 Å². The molecule has 152 valence electrons. The van der Waals surface area contributed by atoms with Crippen LogP contribution in [0.5, 0.6) is 0 Å². The maximum Gasteiger partial charge on any atom is 0.303 e. The predicted molar refractivity (Wildman–Crippen MR) is 117 cm³/mol. The Kier molecular flexibility index (Phi) is 7.49. The van der Waals surface area contributed by atoms with E-state index >= 15 is 0 Å². The summed E-state index contributed by atoms with van der Waals surface area (Å²) < 4.78 is 0. The third-order valence-electron chi connectivity index (χ3n) is 6.13. The largest absolute Gasteiger partial charge is 0.481 e. The van der Waals surface area contributed by atoms with Gasteiger partial charge in [-0.25, -0.2) is 4.98 Å². The lowest BCUT2D eigenvalue weighted by atomic mass is 9.80. The van der Waals surface area contributed by atoms with E-state index in [1.165, 1.54) is 21.7 Å². The standard InChI is InChI=1S/C22H28N2O2S.ClH/c25-21(26)8-3-15-1-4-17(5-2-15)22-24-20(14-27-22)19-7-6-16-9-11-23-12-10-18(16)13-19;/h6-7,13-15,17,23H,1-5,8-12H2,(H,25,26);1H/t15-,17-;. The van der Waals surface area contributed by atoms with E-state index in [-0.39, 0.29) is 12.4 Å². The van der Waals surface area contributed by atoms with Crippen molar-refractivity contribution in [2.75, 3.05) is 13.1 Å². The number of nitrogens with zero attached hydrogens (tertiary/aromatic N) is 1. The SMILES string of the molecule is Cl.O=C(O)CC[C@H]1CC[C@H](c2nc(-c3ccc4c(c3)CCNCC4)cs2)CC1. The minimum Gasteiger partial charge on any atom is -0.481 e. The Hall–Kier alpha value is -1.43. The molecule has 1 aliphatic heterocycles. The van der Waals surface area contributed by atoms with E-state index in [1.807, 2.05) is 0 Å². The second-order valence-corrected chi connectivity index (χ2v) is 8.84. The monoisotopic (exact) mass is 420 g/mol. The molecule has 0 radical (unpaired) electrons. The van der Waals surface area contributed by atoms with Crippen LogP contribution in [-0.4, -0.2) is 29.1 Å². The molecule has 2 aromatic rings. The van der Waals surface area contributed by atoms with E-state index in [0.717, 1.165) is 63.7 Å². The van der Waals surface area contributed by atoms with Crippen LogP contribution < -0.4 is 5.32 Å². The summed E-state index contributed by atoms with van der Waals surface area (Å²) in [6, 6.07) is 6.85. The molecule has 4 rings (SSSR count). The van der Waals surface area contributed by atoms with Crippen LogP contribution in [0.15, 0.2) is 23.6 Å². The van der Waals surface area contributed by atoms with Crippen LogP contribution in [-0.2, 0) is 17.6 Å². The number of hydrogen-bond donors (Lipinski definition) is 2. The molecule has 1 aliphatic carbocycles. The van der Waals surface area contributed by atoms with Crippen molar-refractivity contribution >= 4 is 29.7 Å². The maximum absolute atomic E-state index is 10.8. The fourth-order valence-corrected chi connectivity index (χ4v) is 5.47. The zero-order valence-corrected chi connectivity index (χ0v) is 17.8. The van der Waals surface area contributed by atoms with Gasteiger partial charge in [0.05, 0.1) is 10.7 Å². The lowest BCUT2D eigenvalue weighted by molar-refractivity contribution is -0.137. The summed E-state index contributed by atoms with van der Waals surface area (Å²) in [6.45, 7) is 2.13. The summed E-state index contributed by atoms with van der Waals surface area (Å²) in [7, 11) is 0. The molecule has 0 unspecified atom stereocenters. The maximum atomic E-state index is 10.8. The summed E-state index contributed by atoms with van der Waals surface area (Å²) in [6.07, 6.45) is 7.92. The van der Waals surface area contributed by atoms with Crippen LogP contribution in [0.1, 0.15) is 60.6 Å². The van der Waals surface area contributed by atoms with Gasteiger partial charge in [-0.2, -0.15) is 0 Å². The van der Waals surface area contributed by atoms with Crippen molar-refractivity contribution < 1.29 is 9.90 Å². The smallest absolute Gasteiger partial charge is 0.303 e. The third-order valence-corrected chi connectivity index (χ3v) is 7.14. The van der Waals surface area contributed by atoms with Crippen LogP contribution in [0.25, 0.3) is 11.3 Å². The van der Waals surface area contributed by atoms with E-state index in [9.17, 15) is 4.79 Å². The zero-order valence-electron chi connectivity index (χ0n) is 16.2. The summed E-state index contributed by atoms with van der Waals surface area (Å²) in [5, 5.41) is 15.8. The Morgan fingerprint density at radius 1 is 1.14 bits per heavy atom. The van der Waals surface area contributed by atoms with E-state index in [4.69, 9.17) is 10.1 Å². The van der Waals surface area contributed by atoms with E-state index < -0.39 is 5.97 Å². The Bertz CT molecular complexity index is 800.